The van der Waals surface area contributed by atoms with Gasteiger partial charge in [-0.3, -0.25) is 0 Å². The third-order valence-corrected chi connectivity index (χ3v) is 5.41. The summed E-state index contributed by atoms with van der Waals surface area (Å²) in [6.45, 7) is 3.97. The topological polar surface area (TPSA) is 87.3 Å². The lowest BCUT2D eigenvalue weighted by Gasteiger charge is -2.36. The van der Waals surface area contributed by atoms with Crippen molar-refractivity contribution in [2.24, 2.45) is 5.92 Å². The van der Waals surface area contributed by atoms with Gasteiger partial charge in [0.15, 0.2) is 11.6 Å². The summed E-state index contributed by atoms with van der Waals surface area (Å²) in [5, 5.41) is 2.70. The molecule has 2 heterocycles. The number of urea groups is 1. The first-order valence-electron chi connectivity index (χ1n) is 9.50. The summed E-state index contributed by atoms with van der Waals surface area (Å²) < 4.78 is 33.3. The number of methoxy groups -OCH3 is 1. The highest BCUT2D eigenvalue weighted by molar-refractivity contribution is 5.84. The molecule has 0 fully saturated rings. The fraction of sp³-hybridized carbons (Fsp3) is 0.450. The van der Waals surface area contributed by atoms with Crippen molar-refractivity contribution in [2.45, 2.75) is 38.8 Å². The lowest BCUT2D eigenvalue weighted by Crippen LogP contribution is -2.53. The summed E-state index contributed by atoms with van der Waals surface area (Å²) in [5.74, 6) is -2.75. The number of fused-ring (bicyclic) bond motifs is 1. The van der Waals surface area contributed by atoms with E-state index >= 15 is 0 Å². The molecule has 3 rings (SSSR count). The van der Waals surface area contributed by atoms with E-state index in [0.717, 1.165) is 11.8 Å². The van der Waals surface area contributed by atoms with Crippen molar-refractivity contribution in [3.05, 3.63) is 53.1 Å². The zero-order chi connectivity index (χ0) is 21.1. The fourth-order valence-electron chi connectivity index (χ4n) is 3.55. The number of halogens is 2. The van der Waals surface area contributed by atoms with Crippen molar-refractivity contribution >= 4 is 12.0 Å². The maximum absolute atomic E-state index is 14.6. The first-order chi connectivity index (χ1) is 13.9. The molecule has 2 N–H and O–H groups in total. The number of carbonyl (C=O) groups excluding carboxylic acids is 2. The fourth-order valence-corrected chi connectivity index (χ4v) is 3.55. The third kappa shape index (κ3) is 3.94. The Bertz CT molecular complexity index is 902. The lowest BCUT2D eigenvalue weighted by atomic mass is 9.95. The Kier molecular flexibility index (Phi) is 6.14. The van der Waals surface area contributed by atoms with Gasteiger partial charge in [-0.15, -0.1) is 0 Å². The van der Waals surface area contributed by atoms with Gasteiger partial charge in [-0.2, -0.15) is 0 Å². The zero-order valence-corrected chi connectivity index (χ0v) is 16.5. The quantitative estimate of drug-likeness (QED) is 0.748. The molecule has 3 atom stereocenters. The van der Waals surface area contributed by atoms with Crippen LogP contribution in [0.4, 0.5) is 13.6 Å². The molecule has 2 amide bonds. The number of nitrogens with one attached hydrogen (secondary N) is 2. The second kappa shape index (κ2) is 8.59. The number of nitrogens with zero attached hydrogens (tertiary/aromatic N) is 2. The third-order valence-electron chi connectivity index (χ3n) is 5.41. The highest BCUT2D eigenvalue weighted by Crippen LogP contribution is 2.35. The summed E-state index contributed by atoms with van der Waals surface area (Å²) >= 11 is 0. The Morgan fingerprint density at radius 3 is 2.86 bits per heavy atom. The molecule has 7 nitrogen and oxygen atoms in total. The van der Waals surface area contributed by atoms with E-state index in [2.05, 4.69) is 15.3 Å². The molecular formula is C20H24F2N4O3. The Morgan fingerprint density at radius 2 is 2.17 bits per heavy atom. The van der Waals surface area contributed by atoms with Crippen LogP contribution in [0.15, 0.2) is 24.5 Å². The highest BCUT2D eigenvalue weighted by atomic mass is 19.2. The number of aromatic nitrogens is 2. The van der Waals surface area contributed by atoms with E-state index in [1.54, 1.807) is 0 Å². The summed E-state index contributed by atoms with van der Waals surface area (Å²) in [4.78, 5) is 33.9. The maximum atomic E-state index is 14.6. The normalized spacial score (nSPS) is 18.0. The Labute approximate surface area is 167 Å². The maximum Gasteiger partial charge on any atom is 0.328 e. The van der Waals surface area contributed by atoms with Gasteiger partial charge in [0.1, 0.15) is 12.1 Å². The van der Waals surface area contributed by atoms with Crippen molar-refractivity contribution in [1.82, 2.24) is 20.2 Å². The van der Waals surface area contributed by atoms with Crippen molar-refractivity contribution in [1.29, 1.82) is 0 Å². The molecule has 0 bridgehead atoms. The van der Waals surface area contributed by atoms with Crippen LogP contribution in [0.25, 0.3) is 0 Å². The van der Waals surface area contributed by atoms with Gasteiger partial charge < -0.3 is 19.9 Å². The largest absolute Gasteiger partial charge is 0.467 e. The van der Waals surface area contributed by atoms with Crippen molar-refractivity contribution in [3.8, 4) is 0 Å². The molecule has 1 aromatic carbocycles. The van der Waals surface area contributed by atoms with Gasteiger partial charge in [0.05, 0.1) is 19.1 Å². The zero-order valence-electron chi connectivity index (χ0n) is 16.5. The number of esters is 1. The number of imidazole rings is 1. The standard InChI is InChI=1S/C20H24F2N4O3/c1-4-11(2)16(19(27)29-3)25-20(28)26-9-8-14-17(24-10-23-14)18(26)12-6-5-7-13(21)15(12)22/h5-7,10-11,16,18H,4,8-9H2,1-3H3,(H,23,24)(H,25,28)/t11-,16-,18+/m1/s1. The van der Waals surface area contributed by atoms with Gasteiger partial charge in [0, 0.05) is 24.2 Å². The minimum absolute atomic E-state index is 0.00589. The summed E-state index contributed by atoms with van der Waals surface area (Å²) in [6, 6.07) is 1.50. The molecule has 9 heteroatoms. The first kappa shape index (κ1) is 20.8. The van der Waals surface area contributed by atoms with Crippen LogP contribution in [0, 0.1) is 17.6 Å². The number of amides is 2. The van der Waals surface area contributed by atoms with Crippen LogP contribution in [0.3, 0.4) is 0 Å². The number of carbonyl (C=O) groups is 2. The second-order valence-corrected chi connectivity index (χ2v) is 7.09. The van der Waals surface area contributed by atoms with E-state index in [0.29, 0.717) is 18.5 Å². The average molecular weight is 406 g/mol. The van der Waals surface area contributed by atoms with E-state index in [1.807, 2.05) is 13.8 Å². The van der Waals surface area contributed by atoms with Crippen LogP contribution in [-0.2, 0) is 16.0 Å². The molecule has 0 saturated heterocycles. The van der Waals surface area contributed by atoms with Crippen molar-refractivity contribution in [3.63, 3.8) is 0 Å². The smallest absolute Gasteiger partial charge is 0.328 e. The van der Waals surface area contributed by atoms with Crippen LogP contribution in [0.5, 0.6) is 0 Å². The summed E-state index contributed by atoms with van der Waals surface area (Å²) in [6.07, 6.45) is 2.58. The number of rotatable bonds is 5. The van der Waals surface area contributed by atoms with Crippen molar-refractivity contribution in [2.75, 3.05) is 13.7 Å². The van der Waals surface area contributed by atoms with Crippen LogP contribution in [-0.4, -0.2) is 46.6 Å². The molecule has 1 aromatic heterocycles. The Balaban J connectivity index is 1.97. The molecule has 2 aromatic rings. The molecule has 1 aliphatic rings. The minimum atomic E-state index is -1.03. The second-order valence-electron chi connectivity index (χ2n) is 7.09. The van der Waals surface area contributed by atoms with Crippen LogP contribution in [0.2, 0.25) is 0 Å². The SMILES string of the molecule is CC[C@@H](C)[C@@H](NC(=O)N1CCc2[nH]cnc2[C@@H]1c1cccc(F)c1F)C(=O)OC. The Morgan fingerprint density at radius 1 is 1.41 bits per heavy atom. The number of ether oxygens (including phenoxy) is 1. The number of H-pyrrole nitrogens is 1. The van der Waals surface area contributed by atoms with E-state index < -0.39 is 35.7 Å². The minimum Gasteiger partial charge on any atom is -0.467 e. The average Bonchev–Trinajstić information content (AvgIpc) is 3.21. The van der Waals surface area contributed by atoms with Crippen LogP contribution in [0.1, 0.15) is 43.3 Å². The number of hydrogen-bond donors (Lipinski definition) is 2. The summed E-state index contributed by atoms with van der Waals surface area (Å²) in [5.41, 5.74) is 1.22. The predicted octanol–water partition coefficient (Wildman–Crippen LogP) is 2.93. The first-order valence-corrected chi connectivity index (χ1v) is 9.50. The summed E-state index contributed by atoms with van der Waals surface area (Å²) in [7, 11) is 1.26. The number of aromatic amines is 1. The molecule has 156 valence electrons. The number of benzene rings is 1. The molecule has 0 aliphatic carbocycles. The van der Waals surface area contributed by atoms with E-state index in [9.17, 15) is 18.4 Å². The van der Waals surface area contributed by atoms with Gasteiger partial charge in [0.25, 0.3) is 0 Å². The highest BCUT2D eigenvalue weighted by Gasteiger charge is 2.38. The molecule has 0 saturated carbocycles. The van der Waals surface area contributed by atoms with Crippen LogP contribution >= 0.6 is 0 Å². The van der Waals surface area contributed by atoms with E-state index in [4.69, 9.17) is 4.74 Å². The monoisotopic (exact) mass is 406 g/mol. The van der Waals surface area contributed by atoms with E-state index in [-0.39, 0.29) is 18.0 Å². The molecule has 0 unspecified atom stereocenters. The van der Waals surface area contributed by atoms with Gasteiger partial charge in [0.2, 0.25) is 0 Å². The molecule has 0 radical (unpaired) electrons. The van der Waals surface area contributed by atoms with Gasteiger partial charge in [-0.05, 0) is 12.0 Å². The number of hydrogen-bond acceptors (Lipinski definition) is 4. The molecule has 1 aliphatic heterocycles. The Hall–Kier alpha value is -2.97. The molecule has 0 spiro atoms. The molecular weight excluding hydrogens is 382 g/mol. The predicted molar refractivity (Wildman–Crippen MR) is 101 cm³/mol. The van der Waals surface area contributed by atoms with Gasteiger partial charge in [-0.1, -0.05) is 32.4 Å². The van der Waals surface area contributed by atoms with Crippen LogP contribution < -0.4 is 5.32 Å². The van der Waals surface area contributed by atoms with Gasteiger partial charge >= 0.3 is 12.0 Å². The molecule has 29 heavy (non-hydrogen) atoms. The van der Waals surface area contributed by atoms with E-state index in [1.165, 1.54) is 30.5 Å². The lowest BCUT2D eigenvalue weighted by molar-refractivity contribution is -0.144. The van der Waals surface area contributed by atoms with Gasteiger partial charge in [-0.25, -0.2) is 23.4 Å². The van der Waals surface area contributed by atoms with Crippen molar-refractivity contribution < 1.29 is 23.1 Å².